The van der Waals surface area contributed by atoms with E-state index in [1.54, 1.807) is 13.8 Å². The molecule has 0 fully saturated rings. The minimum atomic E-state index is -4.88. The van der Waals surface area contributed by atoms with Crippen molar-refractivity contribution in [3.8, 4) is 5.75 Å². The topological polar surface area (TPSA) is 93.5 Å². The molecule has 1 rings (SSSR count). The number of halogens is 4. The molecule has 6 nitrogen and oxygen atoms in total. The lowest BCUT2D eigenvalue weighted by Crippen LogP contribution is -2.46. The quantitative estimate of drug-likeness (QED) is 0.715. The van der Waals surface area contributed by atoms with Crippen molar-refractivity contribution < 1.29 is 27.5 Å². The van der Waals surface area contributed by atoms with Crippen LogP contribution in [0.1, 0.15) is 13.8 Å². The Balaban J connectivity index is 0.00000529. The Labute approximate surface area is 143 Å². The largest absolute Gasteiger partial charge is 0.573 e. The molecule has 1 aromatic carbocycles. The van der Waals surface area contributed by atoms with Crippen LogP contribution in [0.4, 0.5) is 18.9 Å². The maximum absolute atomic E-state index is 12.3. The van der Waals surface area contributed by atoms with Crippen molar-refractivity contribution >= 4 is 29.9 Å². The number of para-hydroxylation sites is 2. The number of carbonyl (C=O) groups is 2. The van der Waals surface area contributed by atoms with E-state index >= 15 is 0 Å². The molecule has 0 radical (unpaired) electrons. The summed E-state index contributed by atoms with van der Waals surface area (Å²) in [6, 6.07) is 4.31. The van der Waals surface area contributed by atoms with E-state index < -0.39 is 36.5 Å². The van der Waals surface area contributed by atoms with Gasteiger partial charge in [0, 0.05) is 0 Å². The number of rotatable bonds is 6. The Morgan fingerprint density at radius 1 is 1.25 bits per heavy atom. The Hall–Kier alpha value is -2.00. The number of nitrogens with one attached hydrogen (secondary N) is 2. The first-order chi connectivity index (χ1) is 10.6. The monoisotopic (exact) mass is 369 g/mol. The molecule has 1 aromatic rings. The van der Waals surface area contributed by atoms with Gasteiger partial charge < -0.3 is 21.1 Å². The van der Waals surface area contributed by atoms with Crippen molar-refractivity contribution in [2.75, 3.05) is 11.9 Å². The van der Waals surface area contributed by atoms with Crippen LogP contribution in [-0.4, -0.2) is 30.8 Å². The van der Waals surface area contributed by atoms with Gasteiger partial charge in [-0.1, -0.05) is 26.0 Å². The predicted octanol–water partition coefficient (Wildman–Crippen LogP) is 2.05. The van der Waals surface area contributed by atoms with Gasteiger partial charge in [-0.2, -0.15) is 0 Å². The van der Waals surface area contributed by atoms with Crippen LogP contribution in [0.3, 0.4) is 0 Å². The van der Waals surface area contributed by atoms with Gasteiger partial charge in [0.05, 0.1) is 18.3 Å². The van der Waals surface area contributed by atoms with Gasteiger partial charge >= 0.3 is 6.36 Å². The molecule has 0 bridgehead atoms. The van der Waals surface area contributed by atoms with Crippen LogP contribution >= 0.6 is 12.4 Å². The highest BCUT2D eigenvalue weighted by Gasteiger charge is 2.32. The second-order valence-electron chi connectivity index (χ2n) is 5.08. The van der Waals surface area contributed by atoms with Crippen LogP contribution in [0.15, 0.2) is 24.3 Å². The molecular weight excluding hydrogens is 351 g/mol. The summed E-state index contributed by atoms with van der Waals surface area (Å²) in [5.41, 5.74) is 5.45. The molecule has 0 aliphatic carbocycles. The van der Waals surface area contributed by atoms with Crippen LogP contribution in [0.25, 0.3) is 0 Å². The van der Waals surface area contributed by atoms with Crippen molar-refractivity contribution in [3.05, 3.63) is 24.3 Å². The number of carbonyl (C=O) groups excluding carboxylic acids is 2. The van der Waals surface area contributed by atoms with Crippen LogP contribution < -0.4 is 21.1 Å². The van der Waals surface area contributed by atoms with Crippen molar-refractivity contribution in [1.82, 2.24) is 5.32 Å². The van der Waals surface area contributed by atoms with E-state index in [1.807, 2.05) is 0 Å². The molecule has 24 heavy (non-hydrogen) atoms. The van der Waals surface area contributed by atoms with Crippen LogP contribution in [0, 0.1) is 5.92 Å². The molecule has 0 heterocycles. The highest BCUT2D eigenvalue weighted by molar-refractivity contribution is 5.96. The molecule has 0 saturated carbocycles. The molecule has 136 valence electrons. The second-order valence-corrected chi connectivity index (χ2v) is 5.08. The third-order valence-electron chi connectivity index (χ3n) is 2.83. The Kier molecular flexibility index (Phi) is 8.56. The van der Waals surface area contributed by atoms with E-state index in [0.717, 1.165) is 6.07 Å². The van der Waals surface area contributed by atoms with E-state index in [9.17, 15) is 22.8 Å². The molecule has 4 N–H and O–H groups in total. The average Bonchev–Trinajstić information content (AvgIpc) is 2.44. The molecule has 0 spiro atoms. The minimum absolute atomic E-state index is 0. The maximum atomic E-state index is 12.3. The Bertz CT molecular complexity index is 568. The van der Waals surface area contributed by atoms with Crippen LogP contribution in [-0.2, 0) is 9.59 Å². The van der Waals surface area contributed by atoms with Crippen molar-refractivity contribution in [1.29, 1.82) is 0 Å². The molecule has 0 saturated heterocycles. The SMILES string of the molecule is CC(C)[C@H](N)C(=O)NCC(=O)Nc1ccccc1OC(F)(F)F.Cl. The summed E-state index contributed by atoms with van der Waals surface area (Å²) in [4.78, 5) is 23.3. The fourth-order valence-electron chi connectivity index (χ4n) is 1.57. The number of nitrogens with two attached hydrogens (primary N) is 1. The van der Waals surface area contributed by atoms with Crippen LogP contribution in [0.2, 0.25) is 0 Å². The standard InChI is InChI=1S/C14H18F3N3O3.ClH/c1-8(2)12(18)13(22)19-7-11(21)20-9-5-3-4-6-10(9)23-14(15,16)17;/h3-6,8,12H,7,18H2,1-2H3,(H,19,22)(H,20,21);1H/t12-;/m0./s1. The number of alkyl halides is 3. The zero-order chi connectivity index (χ0) is 17.6. The molecular formula is C14H19ClF3N3O3. The lowest BCUT2D eigenvalue weighted by molar-refractivity contribution is -0.274. The van der Waals surface area contributed by atoms with Gasteiger partial charge in [0.25, 0.3) is 0 Å². The highest BCUT2D eigenvalue weighted by Crippen LogP contribution is 2.29. The van der Waals surface area contributed by atoms with Gasteiger partial charge in [-0.05, 0) is 18.1 Å². The number of ether oxygens (including phenoxy) is 1. The van der Waals surface area contributed by atoms with E-state index in [-0.39, 0.29) is 24.0 Å². The maximum Gasteiger partial charge on any atom is 0.573 e. The van der Waals surface area contributed by atoms with Gasteiger partial charge in [0.2, 0.25) is 11.8 Å². The third kappa shape index (κ3) is 7.51. The number of anilines is 1. The molecule has 2 amide bonds. The number of amides is 2. The molecule has 0 aromatic heterocycles. The Morgan fingerprint density at radius 2 is 1.83 bits per heavy atom. The fourth-order valence-corrected chi connectivity index (χ4v) is 1.57. The summed E-state index contributed by atoms with van der Waals surface area (Å²) in [7, 11) is 0. The van der Waals surface area contributed by atoms with E-state index in [4.69, 9.17) is 5.73 Å². The van der Waals surface area contributed by atoms with Gasteiger partial charge in [0.1, 0.15) is 0 Å². The molecule has 1 atom stereocenters. The minimum Gasteiger partial charge on any atom is -0.404 e. The zero-order valence-electron chi connectivity index (χ0n) is 13.0. The van der Waals surface area contributed by atoms with Crippen molar-refractivity contribution in [2.45, 2.75) is 26.3 Å². The van der Waals surface area contributed by atoms with E-state index in [2.05, 4.69) is 15.4 Å². The average molecular weight is 370 g/mol. The Morgan fingerprint density at radius 3 is 2.38 bits per heavy atom. The first-order valence-electron chi connectivity index (χ1n) is 6.78. The lowest BCUT2D eigenvalue weighted by atomic mass is 10.1. The second kappa shape index (κ2) is 9.33. The number of hydrogen-bond acceptors (Lipinski definition) is 4. The van der Waals surface area contributed by atoms with E-state index in [0.29, 0.717) is 0 Å². The summed E-state index contributed by atoms with van der Waals surface area (Å²) in [5, 5.41) is 4.55. The number of benzene rings is 1. The summed E-state index contributed by atoms with van der Waals surface area (Å²) in [6.07, 6.45) is -4.88. The molecule has 0 aliphatic heterocycles. The summed E-state index contributed by atoms with van der Waals surface area (Å²) in [5.74, 6) is -1.87. The van der Waals surface area contributed by atoms with Gasteiger partial charge in [0.15, 0.2) is 5.75 Å². The molecule has 0 aliphatic rings. The first-order valence-corrected chi connectivity index (χ1v) is 6.78. The highest BCUT2D eigenvalue weighted by atomic mass is 35.5. The van der Waals surface area contributed by atoms with Crippen LogP contribution in [0.5, 0.6) is 5.75 Å². The normalized spacial score (nSPS) is 12.1. The third-order valence-corrected chi connectivity index (χ3v) is 2.83. The summed E-state index contributed by atoms with van der Waals surface area (Å²) >= 11 is 0. The molecule has 0 unspecified atom stereocenters. The number of hydrogen-bond donors (Lipinski definition) is 3. The smallest absolute Gasteiger partial charge is 0.404 e. The summed E-state index contributed by atoms with van der Waals surface area (Å²) in [6.45, 7) is 3.07. The zero-order valence-corrected chi connectivity index (χ0v) is 13.8. The summed E-state index contributed by atoms with van der Waals surface area (Å²) < 4.78 is 40.6. The first kappa shape index (κ1) is 22.0. The fraction of sp³-hybridized carbons (Fsp3) is 0.429. The van der Waals surface area contributed by atoms with Crippen molar-refractivity contribution in [2.24, 2.45) is 11.7 Å². The van der Waals surface area contributed by atoms with Crippen molar-refractivity contribution in [3.63, 3.8) is 0 Å². The van der Waals surface area contributed by atoms with Gasteiger partial charge in [-0.25, -0.2) is 0 Å². The van der Waals surface area contributed by atoms with E-state index in [1.165, 1.54) is 18.2 Å². The molecule has 10 heteroatoms. The van der Waals surface area contributed by atoms with Gasteiger partial charge in [-0.3, -0.25) is 9.59 Å². The lowest BCUT2D eigenvalue weighted by Gasteiger charge is -2.16. The predicted molar refractivity (Wildman–Crippen MR) is 84.8 cm³/mol. The van der Waals surface area contributed by atoms with Gasteiger partial charge in [-0.15, -0.1) is 25.6 Å².